The molecule has 1 N–H and O–H groups in total. The Morgan fingerprint density at radius 1 is 1.35 bits per heavy atom. The Morgan fingerprint density at radius 2 is 2.04 bits per heavy atom. The average Bonchev–Trinajstić information content (AvgIpc) is 2.53. The number of amides is 1. The van der Waals surface area contributed by atoms with Gasteiger partial charge in [-0.3, -0.25) is 4.90 Å². The lowest BCUT2D eigenvalue weighted by Gasteiger charge is -2.29. The van der Waals surface area contributed by atoms with Crippen molar-refractivity contribution in [2.45, 2.75) is 32.5 Å². The molecule has 1 aromatic heterocycles. The molecule has 140 valence electrons. The van der Waals surface area contributed by atoms with E-state index in [1.807, 2.05) is 0 Å². The minimum absolute atomic E-state index is 0.163. The SMILES string of the molecule is CC(C)(C)OC(=O)N(C[C@H](O)c1cccc(F)c1)c1cc(Br)cnc1F. The highest BCUT2D eigenvalue weighted by Gasteiger charge is 2.28. The van der Waals surface area contributed by atoms with Crippen LogP contribution in [0.3, 0.4) is 0 Å². The van der Waals surface area contributed by atoms with Crippen LogP contribution in [0.2, 0.25) is 0 Å². The van der Waals surface area contributed by atoms with Crippen molar-refractivity contribution in [1.29, 1.82) is 0 Å². The molecular weight excluding hydrogens is 410 g/mol. The standard InChI is InChI=1S/C18H19BrF2N2O3/c1-18(2,3)26-17(25)23(14-8-12(19)9-22-16(14)21)10-15(24)11-5-4-6-13(20)7-11/h4-9,15,24H,10H2,1-3H3/t15-/m0/s1. The maximum atomic E-state index is 14.2. The maximum absolute atomic E-state index is 14.2. The highest BCUT2D eigenvalue weighted by Crippen LogP contribution is 2.27. The Morgan fingerprint density at radius 3 is 2.65 bits per heavy atom. The third-order valence-electron chi connectivity index (χ3n) is 3.28. The van der Waals surface area contributed by atoms with Gasteiger partial charge in [-0.2, -0.15) is 4.39 Å². The molecule has 1 atom stereocenters. The molecule has 2 aromatic rings. The normalized spacial score (nSPS) is 12.6. The number of rotatable bonds is 4. The first-order chi connectivity index (χ1) is 12.1. The Hall–Kier alpha value is -2.06. The molecule has 0 unspecified atom stereocenters. The summed E-state index contributed by atoms with van der Waals surface area (Å²) >= 11 is 3.18. The number of carbonyl (C=O) groups is 1. The smallest absolute Gasteiger partial charge is 0.415 e. The predicted octanol–water partition coefficient (Wildman–Crippen LogP) is 4.60. The summed E-state index contributed by atoms with van der Waals surface area (Å²) in [7, 11) is 0. The highest BCUT2D eigenvalue weighted by atomic mass is 79.9. The van der Waals surface area contributed by atoms with Crippen molar-refractivity contribution >= 4 is 27.7 Å². The number of halogens is 3. The van der Waals surface area contributed by atoms with Crippen LogP contribution in [-0.2, 0) is 4.74 Å². The van der Waals surface area contributed by atoms with Gasteiger partial charge in [0, 0.05) is 10.7 Å². The van der Waals surface area contributed by atoms with Crippen LogP contribution in [0.4, 0.5) is 19.3 Å². The van der Waals surface area contributed by atoms with Crippen LogP contribution in [0, 0.1) is 11.8 Å². The first kappa shape index (κ1) is 20.3. The summed E-state index contributed by atoms with van der Waals surface area (Å²) in [6.07, 6.45) is -0.863. The van der Waals surface area contributed by atoms with Gasteiger partial charge in [0.25, 0.3) is 0 Å². The Kier molecular flexibility index (Phi) is 6.30. The Labute approximate surface area is 158 Å². The zero-order valence-corrected chi connectivity index (χ0v) is 16.1. The number of aromatic nitrogens is 1. The van der Waals surface area contributed by atoms with E-state index in [1.54, 1.807) is 20.8 Å². The van der Waals surface area contributed by atoms with Crippen molar-refractivity contribution in [1.82, 2.24) is 4.98 Å². The van der Waals surface area contributed by atoms with Gasteiger partial charge in [0.05, 0.1) is 12.6 Å². The lowest BCUT2D eigenvalue weighted by molar-refractivity contribution is 0.0554. The number of benzene rings is 1. The van der Waals surface area contributed by atoms with Crippen LogP contribution in [0.25, 0.3) is 0 Å². The average molecular weight is 429 g/mol. The van der Waals surface area contributed by atoms with Gasteiger partial charge in [-0.05, 0) is 60.5 Å². The van der Waals surface area contributed by atoms with Gasteiger partial charge in [0.1, 0.15) is 17.1 Å². The minimum Gasteiger partial charge on any atom is -0.443 e. The van der Waals surface area contributed by atoms with Gasteiger partial charge in [0.2, 0.25) is 5.95 Å². The van der Waals surface area contributed by atoms with Crippen LogP contribution in [-0.4, -0.2) is 28.3 Å². The van der Waals surface area contributed by atoms with E-state index in [0.29, 0.717) is 4.47 Å². The summed E-state index contributed by atoms with van der Waals surface area (Å²) in [4.78, 5) is 17.1. The quantitative estimate of drug-likeness (QED) is 0.722. The number of aliphatic hydroxyl groups is 1. The van der Waals surface area contributed by atoms with Crippen molar-refractivity contribution < 1.29 is 23.4 Å². The summed E-state index contributed by atoms with van der Waals surface area (Å²) in [6.45, 7) is 4.66. The number of carbonyl (C=O) groups excluding carboxylic acids is 1. The van der Waals surface area contributed by atoms with E-state index in [9.17, 15) is 18.7 Å². The molecule has 2 rings (SSSR count). The number of hydrogen-bond acceptors (Lipinski definition) is 4. The van der Waals surface area contributed by atoms with Crippen molar-refractivity contribution in [3.05, 3.63) is 58.3 Å². The molecule has 0 radical (unpaired) electrons. The summed E-state index contributed by atoms with van der Waals surface area (Å²) in [5, 5.41) is 10.4. The zero-order valence-electron chi connectivity index (χ0n) is 14.5. The fraction of sp³-hybridized carbons (Fsp3) is 0.333. The number of pyridine rings is 1. The van der Waals surface area contributed by atoms with Gasteiger partial charge in [-0.25, -0.2) is 14.2 Å². The molecule has 0 saturated heterocycles. The highest BCUT2D eigenvalue weighted by molar-refractivity contribution is 9.10. The largest absolute Gasteiger partial charge is 0.443 e. The van der Waals surface area contributed by atoms with E-state index in [0.717, 1.165) is 11.0 Å². The minimum atomic E-state index is -1.25. The van der Waals surface area contributed by atoms with E-state index in [-0.39, 0.29) is 17.8 Å². The predicted molar refractivity (Wildman–Crippen MR) is 96.8 cm³/mol. The molecule has 5 nitrogen and oxygen atoms in total. The second-order valence-corrected chi connectivity index (χ2v) is 7.54. The van der Waals surface area contributed by atoms with Crippen molar-refractivity contribution in [3.8, 4) is 0 Å². The van der Waals surface area contributed by atoms with Crippen molar-refractivity contribution in [2.24, 2.45) is 0 Å². The lowest BCUT2D eigenvalue weighted by Crippen LogP contribution is -2.40. The zero-order chi connectivity index (χ0) is 19.5. The summed E-state index contributed by atoms with van der Waals surface area (Å²) in [5.74, 6) is -1.42. The van der Waals surface area contributed by atoms with E-state index in [2.05, 4.69) is 20.9 Å². The molecule has 0 spiro atoms. The summed E-state index contributed by atoms with van der Waals surface area (Å²) in [6, 6.07) is 6.68. The molecule has 26 heavy (non-hydrogen) atoms. The fourth-order valence-electron chi connectivity index (χ4n) is 2.18. The molecule has 8 heteroatoms. The molecule has 1 aromatic carbocycles. The summed E-state index contributed by atoms with van der Waals surface area (Å²) in [5.41, 5.74) is -0.735. The number of aliphatic hydroxyl groups excluding tert-OH is 1. The van der Waals surface area contributed by atoms with Crippen LogP contribution in [0.1, 0.15) is 32.4 Å². The van der Waals surface area contributed by atoms with Crippen LogP contribution in [0.15, 0.2) is 41.0 Å². The van der Waals surface area contributed by atoms with Gasteiger partial charge in [-0.15, -0.1) is 0 Å². The molecule has 0 aliphatic carbocycles. The van der Waals surface area contributed by atoms with E-state index < -0.39 is 29.6 Å². The van der Waals surface area contributed by atoms with Crippen LogP contribution in [0.5, 0.6) is 0 Å². The monoisotopic (exact) mass is 428 g/mol. The first-order valence-electron chi connectivity index (χ1n) is 7.82. The molecule has 0 aliphatic rings. The molecule has 0 aliphatic heterocycles. The van der Waals surface area contributed by atoms with Crippen LogP contribution < -0.4 is 4.90 Å². The first-order valence-corrected chi connectivity index (χ1v) is 8.61. The van der Waals surface area contributed by atoms with Crippen molar-refractivity contribution in [3.63, 3.8) is 0 Å². The molecule has 1 amide bonds. The van der Waals surface area contributed by atoms with E-state index >= 15 is 0 Å². The van der Waals surface area contributed by atoms with E-state index in [4.69, 9.17) is 4.74 Å². The molecule has 0 bridgehead atoms. The number of hydrogen-bond donors (Lipinski definition) is 1. The lowest BCUT2D eigenvalue weighted by atomic mass is 10.1. The third-order valence-corrected chi connectivity index (χ3v) is 3.71. The molecular formula is C18H19BrF2N2O3. The van der Waals surface area contributed by atoms with E-state index in [1.165, 1.54) is 30.5 Å². The maximum Gasteiger partial charge on any atom is 0.415 e. The number of anilines is 1. The molecule has 0 saturated carbocycles. The fourth-order valence-corrected chi connectivity index (χ4v) is 2.50. The Bertz CT molecular complexity index is 796. The van der Waals surface area contributed by atoms with Gasteiger partial charge < -0.3 is 9.84 Å². The number of ether oxygens (including phenoxy) is 1. The van der Waals surface area contributed by atoms with Gasteiger partial charge in [0.15, 0.2) is 0 Å². The molecule has 1 heterocycles. The topological polar surface area (TPSA) is 62.7 Å². The number of nitrogens with zero attached hydrogens (tertiary/aromatic N) is 2. The molecule has 0 fully saturated rings. The van der Waals surface area contributed by atoms with Gasteiger partial charge >= 0.3 is 6.09 Å². The van der Waals surface area contributed by atoms with Gasteiger partial charge in [-0.1, -0.05) is 12.1 Å². The summed E-state index contributed by atoms with van der Waals surface area (Å²) < 4.78 is 33.3. The van der Waals surface area contributed by atoms with Crippen molar-refractivity contribution in [2.75, 3.05) is 11.4 Å². The second-order valence-electron chi connectivity index (χ2n) is 6.63. The second kappa shape index (κ2) is 8.09. The third kappa shape index (κ3) is 5.47. The van der Waals surface area contributed by atoms with Crippen LogP contribution >= 0.6 is 15.9 Å². The Balaban J connectivity index is 2.37.